The number of hydrogen-bond acceptors (Lipinski definition) is 0. The molecular formula is C7H12. The van der Waals surface area contributed by atoms with Gasteiger partial charge in [0.1, 0.15) is 0 Å². The number of allylic oxidation sites excluding steroid dienone is 1. The van der Waals surface area contributed by atoms with Crippen molar-refractivity contribution in [2.24, 2.45) is 11.8 Å². The molecule has 2 atom stereocenters. The lowest BCUT2D eigenvalue weighted by Crippen LogP contribution is -2.19. The largest absolute Gasteiger partial charge is 0.103 e. The first-order chi connectivity index (χ1) is 3.34. The van der Waals surface area contributed by atoms with E-state index in [9.17, 15) is 0 Å². The van der Waals surface area contributed by atoms with Crippen LogP contribution in [0.2, 0.25) is 0 Å². The molecule has 0 nitrogen and oxygen atoms in total. The van der Waals surface area contributed by atoms with Crippen molar-refractivity contribution >= 4 is 0 Å². The summed E-state index contributed by atoms with van der Waals surface area (Å²) in [5.41, 5.74) is 0. The minimum absolute atomic E-state index is 0.847. The van der Waals surface area contributed by atoms with Gasteiger partial charge in [-0.15, -0.1) is 6.58 Å². The molecule has 1 saturated carbocycles. The maximum atomic E-state index is 3.73. The minimum atomic E-state index is 0.847. The Morgan fingerprint density at radius 3 is 2.29 bits per heavy atom. The summed E-state index contributed by atoms with van der Waals surface area (Å²) in [5.74, 6) is 1.78. The van der Waals surface area contributed by atoms with Crippen molar-refractivity contribution in [2.45, 2.75) is 19.8 Å². The van der Waals surface area contributed by atoms with Gasteiger partial charge < -0.3 is 0 Å². The van der Waals surface area contributed by atoms with Crippen LogP contribution in [-0.4, -0.2) is 0 Å². The number of hydrogen-bond donors (Lipinski definition) is 0. The second kappa shape index (κ2) is 1.69. The summed E-state index contributed by atoms with van der Waals surface area (Å²) in [4.78, 5) is 0. The third-order valence-electron chi connectivity index (χ3n) is 1.99. The summed E-state index contributed by atoms with van der Waals surface area (Å²) in [5, 5.41) is 0. The maximum Gasteiger partial charge on any atom is -0.0210 e. The van der Waals surface area contributed by atoms with Gasteiger partial charge in [-0.3, -0.25) is 0 Å². The fourth-order valence-electron chi connectivity index (χ4n) is 1.04. The molecule has 1 fully saturated rings. The molecule has 0 aromatic heterocycles. The molecule has 0 aliphatic heterocycles. The van der Waals surface area contributed by atoms with Gasteiger partial charge in [-0.1, -0.05) is 13.0 Å². The molecule has 1 aliphatic carbocycles. The number of rotatable bonds is 1. The Balaban J connectivity index is 2.28. The predicted octanol–water partition coefficient (Wildman–Crippen LogP) is 2.22. The lowest BCUT2D eigenvalue weighted by atomic mass is 9.75. The molecule has 1 rings (SSSR count). The Morgan fingerprint density at radius 1 is 1.57 bits per heavy atom. The van der Waals surface area contributed by atoms with Crippen LogP contribution < -0.4 is 0 Å². The molecule has 0 aromatic carbocycles. The van der Waals surface area contributed by atoms with Gasteiger partial charge in [0.25, 0.3) is 0 Å². The van der Waals surface area contributed by atoms with Crippen LogP contribution in [0, 0.1) is 11.8 Å². The molecule has 0 heterocycles. The fraction of sp³-hybridized carbons (Fsp3) is 0.714. The standard InChI is InChI=1S/C7H12/c1-3-7-5-4-6(7)2/h3,6-7H,1,4-5H2,2H3/t6-,7-/m1/s1. The zero-order valence-electron chi connectivity index (χ0n) is 4.85. The fourth-order valence-corrected chi connectivity index (χ4v) is 1.04. The predicted molar refractivity (Wildman–Crippen MR) is 32.1 cm³/mol. The SMILES string of the molecule is C=C[C@@H]1CC[C@H]1C. The van der Waals surface area contributed by atoms with Crippen LogP contribution in [0.1, 0.15) is 19.8 Å². The summed E-state index contributed by atoms with van der Waals surface area (Å²) in [6.45, 7) is 6.02. The van der Waals surface area contributed by atoms with Gasteiger partial charge in [0.05, 0.1) is 0 Å². The van der Waals surface area contributed by atoms with Crippen molar-refractivity contribution in [2.75, 3.05) is 0 Å². The third-order valence-corrected chi connectivity index (χ3v) is 1.99. The van der Waals surface area contributed by atoms with Gasteiger partial charge in [0.15, 0.2) is 0 Å². The highest BCUT2D eigenvalue weighted by molar-refractivity contribution is 4.89. The van der Waals surface area contributed by atoms with E-state index >= 15 is 0 Å². The Morgan fingerprint density at radius 2 is 2.29 bits per heavy atom. The highest BCUT2D eigenvalue weighted by atomic mass is 14.3. The Labute approximate surface area is 45.2 Å². The van der Waals surface area contributed by atoms with Crippen LogP contribution in [-0.2, 0) is 0 Å². The van der Waals surface area contributed by atoms with E-state index < -0.39 is 0 Å². The first-order valence-corrected chi connectivity index (χ1v) is 2.97. The van der Waals surface area contributed by atoms with Crippen molar-refractivity contribution in [3.05, 3.63) is 12.7 Å². The molecule has 0 unspecified atom stereocenters. The lowest BCUT2D eigenvalue weighted by molar-refractivity contribution is 0.252. The van der Waals surface area contributed by atoms with Crippen LogP contribution >= 0.6 is 0 Å². The van der Waals surface area contributed by atoms with E-state index in [-0.39, 0.29) is 0 Å². The van der Waals surface area contributed by atoms with Crippen LogP contribution in [0.15, 0.2) is 12.7 Å². The van der Waals surface area contributed by atoms with Gasteiger partial charge in [-0.05, 0) is 24.7 Å². The molecular weight excluding hydrogens is 84.1 g/mol. The topological polar surface area (TPSA) is 0 Å². The lowest BCUT2D eigenvalue weighted by Gasteiger charge is -2.30. The summed E-state index contributed by atoms with van der Waals surface area (Å²) < 4.78 is 0. The first kappa shape index (κ1) is 4.89. The zero-order valence-corrected chi connectivity index (χ0v) is 4.85. The highest BCUT2D eigenvalue weighted by Crippen LogP contribution is 2.33. The average Bonchev–Trinajstić information content (AvgIpc) is 1.65. The van der Waals surface area contributed by atoms with E-state index in [1.807, 2.05) is 0 Å². The van der Waals surface area contributed by atoms with E-state index in [0.29, 0.717) is 0 Å². The summed E-state index contributed by atoms with van der Waals surface area (Å²) >= 11 is 0. The molecule has 0 N–H and O–H groups in total. The van der Waals surface area contributed by atoms with Gasteiger partial charge in [0.2, 0.25) is 0 Å². The van der Waals surface area contributed by atoms with Gasteiger partial charge >= 0.3 is 0 Å². The van der Waals surface area contributed by atoms with E-state index in [0.717, 1.165) is 11.8 Å². The summed E-state index contributed by atoms with van der Waals surface area (Å²) in [6, 6.07) is 0. The van der Waals surface area contributed by atoms with Crippen LogP contribution in [0.4, 0.5) is 0 Å². The normalized spacial score (nSPS) is 39.6. The first-order valence-electron chi connectivity index (χ1n) is 2.97. The zero-order chi connectivity index (χ0) is 5.28. The molecule has 0 spiro atoms. The molecule has 0 radical (unpaired) electrons. The van der Waals surface area contributed by atoms with Crippen molar-refractivity contribution in [3.8, 4) is 0 Å². The van der Waals surface area contributed by atoms with Gasteiger partial charge in [-0.25, -0.2) is 0 Å². The second-order valence-corrected chi connectivity index (χ2v) is 2.45. The third kappa shape index (κ3) is 0.696. The molecule has 40 valence electrons. The van der Waals surface area contributed by atoms with Crippen LogP contribution in [0.3, 0.4) is 0 Å². The van der Waals surface area contributed by atoms with E-state index in [2.05, 4.69) is 19.6 Å². The van der Waals surface area contributed by atoms with E-state index in [4.69, 9.17) is 0 Å². The van der Waals surface area contributed by atoms with Gasteiger partial charge in [0, 0.05) is 0 Å². The highest BCUT2D eigenvalue weighted by Gasteiger charge is 2.22. The summed E-state index contributed by atoms with van der Waals surface area (Å²) in [7, 11) is 0. The monoisotopic (exact) mass is 96.1 g/mol. The minimum Gasteiger partial charge on any atom is -0.103 e. The smallest absolute Gasteiger partial charge is 0.0210 e. The molecule has 7 heavy (non-hydrogen) atoms. The van der Waals surface area contributed by atoms with Crippen molar-refractivity contribution < 1.29 is 0 Å². The second-order valence-electron chi connectivity index (χ2n) is 2.45. The van der Waals surface area contributed by atoms with Crippen molar-refractivity contribution in [1.82, 2.24) is 0 Å². The molecule has 0 aromatic rings. The Hall–Kier alpha value is -0.260. The molecule has 0 heteroatoms. The average molecular weight is 96.2 g/mol. The Bertz CT molecular complexity index is 74.1. The quantitative estimate of drug-likeness (QED) is 0.439. The van der Waals surface area contributed by atoms with Crippen molar-refractivity contribution in [1.29, 1.82) is 0 Å². The van der Waals surface area contributed by atoms with Gasteiger partial charge in [-0.2, -0.15) is 0 Å². The maximum absolute atomic E-state index is 3.73. The van der Waals surface area contributed by atoms with Crippen molar-refractivity contribution in [3.63, 3.8) is 0 Å². The molecule has 1 aliphatic rings. The molecule has 0 bridgehead atoms. The molecule has 0 saturated heterocycles. The summed E-state index contributed by atoms with van der Waals surface area (Å²) in [6.07, 6.45) is 4.87. The van der Waals surface area contributed by atoms with Crippen LogP contribution in [0.5, 0.6) is 0 Å². The van der Waals surface area contributed by atoms with E-state index in [1.165, 1.54) is 12.8 Å². The Kier molecular flexibility index (Phi) is 1.18. The molecule has 0 amide bonds. The van der Waals surface area contributed by atoms with E-state index in [1.54, 1.807) is 0 Å². The van der Waals surface area contributed by atoms with Crippen LogP contribution in [0.25, 0.3) is 0 Å².